The van der Waals surface area contributed by atoms with Gasteiger partial charge < -0.3 is 15.5 Å². The van der Waals surface area contributed by atoms with Gasteiger partial charge in [0.05, 0.1) is 23.1 Å². The molecule has 1 fully saturated rings. The van der Waals surface area contributed by atoms with Crippen LogP contribution in [0, 0.1) is 5.82 Å². The van der Waals surface area contributed by atoms with Gasteiger partial charge in [0.15, 0.2) is 0 Å². The van der Waals surface area contributed by atoms with Crippen molar-refractivity contribution in [2.75, 3.05) is 23.7 Å². The van der Waals surface area contributed by atoms with Crippen LogP contribution in [0.1, 0.15) is 18.4 Å². The van der Waals surface area contributed by atoms with E-state index in [-0.39, 0.29) is 34.6 Å². The lowest BCUT2D eigenvalue weighted by Crippen LogP contribution is -2.32. The third-order valence-corrected chi connectivity index (χ3v) is 5.57. The largest absolute Gasteiger partial charge is 0.419 e. The highest BCUT2D eigenvalue weighted by molar-refractivity contribution is 5.90. The van der Waals surface area contributed by atoms with Gasteiger partial charge in [0.2, 0.25) is 5.78 Å². The van der Waals surface area contributed by atoms with Crippen molar-refractivity contribution in [2.24, 2.45) is 0 Å². The number of anilines is 3. The number of amides is 2. The fourth-order valence-electron chi connectivity index (χ4n) is 3.87. The van der Waals surface area contributed by atoms with Crippen molar-refractivity contribution in [1.29, 1.82) is 0 Å². The number of likely N-dealkylation sites (tertiary alicyclic amines) is 1. The number of fused-ring (bicyclic) bond motifs is 1. The maximum absolute atomic E-state index is 14.6. The van der Waals surface area contributed by atoms with Gasteiger partial charge in [-0.25, -0.2) is 24.1 Å². The van der Waals surface area contributed by atoms with Gasteiger partial charge in [-0.3, -0.25) is 4.40 Å². The predicted molar refractivity (Wildman–Crippen MR) is 121 cm³/mol. The molecule has 4 heterocycles. The van der Waals surface area contributed by atoms with E-state index in [1.54, 1.807) is 4.90 Å². The average Bonchev–Trinajstić information content (AvgIpc) is 3.50. The van der Waals surface area contributed by atoms with E-state index in [2.05, 4.69) is 25.6 Å². The van der Waals surface area contributed by atoms with Gasteiger partial charge in [-0.15, -0.1) is 0 Å². The molecule has 12 heteroatoms. The van der Waals surface area contributed by atoms with Crippen LogP contribution in [0.15, 0.2) is 55.1 Å². The van der Waals surface area contributed by atoms with E-state index in [4.69, 9.17) is 0 Å². The number of carbonyl (C=O) groups excluding carboxylic acids is 1. The Morgan fingerprint density at radius 1 is 1.03 bits per heavy atom. The molecular weight excluding hydrogens is 466 g/mol. The number of pyridine rings is 1. The normalized spacial score (nSPS) is 13.9. The summed E-state index contributed by atoms with van der Waals surface area (Å²) in [6.45, 7) is 1.36. The second-order valence-electron chi connectivity index (χ2n) is 8.02. The highest BCUT2D eigenvalue weighted by atomic mass is 19.4. The van der Waals surface area contributed by atoms with Crippen LogP contribution >= 0.6 is 0 Å². The maximum atomic E-state index is 14.6. The number of urea groups is 1. The lowest BCUT2D eigenvalue weighted by Gasteiger charge is -2.16. The van der Waals surface area contributed by atoms with Crippen molar-refractivity contribution in [3.8, 4) is 11.3 Å². The van der Waals surface area contributed by atoms with Gasteiger partial charge in [-0.1, -0.05) is 0 Å². The van der Waals surface area contributed by atoms with Gasteiger partial charge in [0.25, 0.3) is 0 Å². The number of nitrogens with one attached hydrogen (secondary N) is 2. The van der Waals surface area contributed by atoms with E-state index < -0.39 is 17.6 Å². The number of carbonyl (C=O) groups is 1. The standard InChI is InChI=1S/C23H19F4N7O/c24-18-6-5-14(31-22(35)33-8-1-2-9-33)10-16(18)19-13-34-12-15(11-29-21(34)32-19)30-20-17(23(25,26)27)4-3-7-28-20/h3-7,10-13H,1-2,8-9H2,(H,28,30)(H,31,35). The third kappa shape index (κ3) is 4.72. The van der Waals surface area contributed by atoms with Gasteiger partial charge in [-0.05, 0) is 43.2 Å². The van der Waals surface area contributed by atoms with Crippen LogP contribution < -0.4 is 10.6 Å². The smallest absolute Gasteiger partial charge is 0.337 e. The quantitative estimate of drug-likeness (QED) is 0.382. The van der Waals surface area contributed by atoms with Crippen LogP contribution in [0.2, 0.25) is 0 Å². The monoisotopic (exact) mass is 485 g/mol. The number of hydrogen-bond donors (Lipinski definition) is 2. The van der Waals surface area contributed by atoms with Crippen LogP contribution in [0.25, 0.3) is 17.0 Å². The van der Waals surface area contributed by atoms with Gasteiger partial charge >= 0.3 is 12.2 Å². The molecule has 35 heavy (non-hydrogen) atoms. The SMILES string of the molecule is O=C(Nc1ccc(F)c(-c2cn3cc(Nc4ncccc4C(F)(F)F)cnc3n2)c1)N1CCCC1. The van der Waals surface area contributed by atoms with E-state index in [0.717, 1.165) is 18.9 Å². The molecule has 0 atom stereocenters. The minimum absolute atomic E-state index is 0.147. The molecule has 2 N–H and O–H groups in total. The molecule has 5 rings (SSSR count). The number of hydrogen-bond acceptors (Lipinski definition) is 5. The molecule has 0 aliphatic carbocycles. The maximum Gasteiger partial charge on any atom is 0.419 e. The molecular formula is C23H19F4N7O. The number of imidazole rings is 1. The molecule has 1 aliphatic rings. The topological polar surface area (TPSA) is 87.5 Å². The molecule has 1 aliphatic heterocycles. The molecule has 0 saturated carbocycles. The zero-order valence-corrected chi connectivity index (χ0v) is 18.2. The summed E-state index contributed by atoms with van der Waals surface area (Å²) in [7, 11) is 0. The Kier molecular flexibility index (Phi) is 5.71. The van der Waals surface area contributed by atoms with E-state index >= 15 is 0 Å². The van der Waals surface area contributed by atoms with Crippen LogP contribution in [-0.4, -0.2) is 43.4 Å². The van der Waals surface area contributed by atoms with E-state index in [0.29, 0.717) is 18.8 Å². The van der Waals surface area contributed by atoms with Crippen molar-refractivity contribution >= 4 is 29.0 Å². The molecule has 0 radical (unpaired) electrons. The van der Waals surface area contributed by atoms with Crippen LogP contribution in [0.5, 0.6) is 0 Å². The Labute approximate surface area is 196 Å². The fourth-order valence-corrected chi connectivity index (χ4v) is 3.87. The van der Waals surface area contributed by atoms with Crippen molar-refractivity contribution < 1.29 is 22.4 Å². The van der Waals surface area contributed by atoms with Gasteiger partial charge in [0, 0.05) is 42.9 Å². The zero-order chi connectivity index (χ0) is 24.6. The highest BCUT2D eigenvalue weighted by Gasteiger charge is 2.34. The third-order valence-electron chi connectivity index (χ3n) is 5.57. The Hall–Kier alpha value is -4.22. The van der Waals surface area contributed by atoms with Crippen molar-refractivity contribution in [3.63, 3.8) is 0 Å². The summed E-state index contributed by atoms with van der Waals surface area (Å²) in [4.78, 5) is 26.3. The summed E-state index contributed by atoms with van der Waals surface area (Å²) in [5.74, 6) is -0.697. The minimum atomic E-state index is -4.58. The molecule has 180 valence electrons. The molecule has 4 aromatic rings. The summed E-state index contributed by atoms with van der Waals surface area (Å²) < 4.78 is 55.9. The summed E-state index contributed by atoms with van der Waals surface area (Å²) in [5, 5.41) is 5.39. The Bertz CT molecular complexity index is 1400. The van der Waals surface area contributed by atoms with E-state index in [1.807, 2.05) is 0 Å². The molecule has 0 unspecified atom stereocenters. The molecule has 8 nitrogen and oxygen atoms in total. The first-order chi connectivity index (χ1) is 16.8. The van der Waals surface area contributed by atoms with Crippen LogP contribution in [0.4, 0.5) is 39.5 Å². The first-order valence-corrected chi connectivity index (χ1v) is 10.8. The Morgan fingerprint density at radius 3 is 2.60 bits per heavy atom. The molecule has 0 bridgehead atoms. The first kappa shape index (κ1) is 22.6. The second kappa shape index (κ2) is 8.85. The Morgan fingerprint density at radius 2 is 1.83 bits per heavy atom. The van der Waals surface area contributed by atoms with Crippen molar-refractivity contribution in [1.82, 2.24) is 24.3 Å². The lowest BCUT2D eigenvalue weighted by molar-refractivity contribution is -0.137. The Balaban J connectivity index is 1.41. The molecule has 1 saturated heterocycles. The average molecular weight is 485 g/mol. The number of aromatic nitrogens is 4. The molecule has 2 amide bonds. The number of rotatable bonds is 4. The number of alkyl halides is 3. The molecule has 3 aromatic heterocycles. The summed E-state index contributed by atoms with van der Waals surface area (Å²) in [5.41, 5.74) is 0.131. The van der Waals surface area contributed by atoms with Crippen molar-refractivity contribution in [3.05, 3.63) is 66.5 Å². The molecule has 0 spiro atoms. The summed E-state index contributed by atoms with van der Waals surface area (Å²) in [6, 6.07) is 6.06. The minimum Gasteiger partial charge on any atom is -0.337 e. The van der Waals surface area contributed by atoms with Gasteiger partial charge in [-0.2, -0.15) is 13.2 Å². The number of benzene rings is 1. The molecule has 1 aromatic carbocycles. The number of halogens is 4. The van der Waals surface area contributed by atoms with Crippen LogP contribution in [-0.2, 0) is 6.18 Å². The zero-order valence-electron chi connectivity index (χ0n) is 18.2. The van der Waals surface area contributed by atoms with E-state index in [1.165, 1.54) is 53.5 Å². The van der Waals surface area contributed by atoms with Gasteiger partial charge in [0.1, 0.15) is 11.6 Å². The second-order valence-corrected chi connectivity index (χ2v) is 8.02. The number of nitrogens with zero attached hydrogens (tertiary/aromatic N) is 5. The fraction of sp³-hybridized carbons (Fsp3) is 0.217. The van der Waals surface area contributed by atoms with E-state index in [9.17, 15) is 22.4 Å². The van der Waals surface area contributed by atoms with Crippen molar-refractivity contribution in [2.45, 2.75) is 19.0 Å². The summed E-state index contributed by atoms with van der Waals surface area (Å²) in [6.07, 6.45) is 2.85. The first-order valence-electron chi connectivity index (χ1n) is 10.8. The van der Waals surface area contributed by atoms with Crippen LogP contribution in [0.3, 0.4) is 0 Å². The summed E-state index contributed by atoms with van der Waals surface area (Å²) >= 11 is 0. The lowest BCUT2D eigenvalue weighted by atomic mass is 10.1. The highest BCUT2D eigenvalue weighted by Crippen LogP contribution is 2.34. The predicted octanol–water partition coefficient (Wildman–Crippen LogP) is 5.32.